The average Bonchev–Trinajstić information content (AvgIpc) is 0.726. The summed E-state index contributed by atoms with van der Waals surface area (Å²) in [6, 6.07) is 16.7. The minimum Gasteiger partial charge on any atom is -0.396 e. The summed E-state index contributed by atoms with van der Waals surface area (Å²) in [6.07, 6.45) is 114. The van der Waals surface area contributed by atoms with Gasteiger partial charge in [0.05, 0.1) is 0 Å². The summed E-state index contributed by atoms with van der Waals surface area (Å²) in [5, 5.41) is 18.4. The topological polar surface area (TPSA) is 20.2 Å². The largest absolute Gasteiger partial charge is 0.396 e. The second kappa shape index (κ2) is 84.9. The van der Waals surface area contributed by atoms with Crippen molar-refractivity contribution in [1.29, 1.82) is 0 Å². The number of aliphatic hydroxyl groups is 1. The highest BCUT2D eigenvalue weighted by Gasteiger charge is 2.20. The molecule has 684 valence electrons. The van der Waals surface area contributed by atoms with E-state index in [1.165, 1.54) is 581 Å². The van der Waals surface area contributed by atoms with E-state index in [0.717, 1.165) is 6.42 Å². The van der Waals surface area contributed by atoms with Crippen molar-refractivity contribution < 1.29 is 5.11 Å². The van der Waals surface area contributed by atoms with Gasteiger partial charge in [-0.25, -0.2) is 0 Å². The van der Waals surface area contributed by atoms with Gasteiger partial charge >= 0.3 is 0 Å². The smallest absolute Gasteiger partial charge is 0.0431 e. The Kier molecular flexibility index (Phi) is 79.1. The zero-order valence-electron chi connectivity index (χ0n) is 79.6. The average molecular weight is 1740 g/mol. The molecule has 1 nitrogen and oxygen atoms in total. The Morgan fingerprint density at radius 2 is 0.229 bits per heavy atom. The summed E-state index contributed by atoms with van der Waals surface area (Å²) in [5.41, 5.74) is 0. The number of benzene rings is 4. The van der Waals surface area contributed by atoms with Gasteiger partial charge in [-0.15, -0.1) is 70.6 Å². The molecule has 118 heavy (non-hydrogen) atoms. The first-order valence-corrected chi connectivity index (χ1v) is 59.4. The lowest BCUT2D eigenvalue weighted by atomic mass is 9.94. The van der Waals surface area contributed by atoms with Crippen LogP contribution >= 0.6 is 70.6 Å². The van der Waals surface area contributed by atoms with Gasteiger partial charge in [0, 0.05) is 36.0 Å². The van der Waals surface area contributed by atoms with Crippen LogP contribution in [0.15, 0.2) is 65.8 Å². The molecule has 0 aromatic heterocycles. The first-order chi connectivity index (χ1) is 58.6. The molecule has 0 bridgehead atoms. The standard InChI is InChI=1S/C111H198OS6/c1-6-11-16-21-26-31-36-41-46-53-60-67-74-81-88-113-106-94-100-101-95-107(114-89-82-75-68-61-54-47-42-37-32-27-22-17-12-7-2)109(116-91-84-77-70-63-56-49-44-39-34-29-24-19-14-9-4)97-103(101)105-99-111(118-93-86-79-72-65-58-51-52-59-66-73-80-87-112)110(117-92-85-78-71-64-57-50-45-40-35-30-25-20-15-10-5)98-104(105)102(100)96-108(106)115-90-83-76-69-62-55-48-43-38-33-28-23-18-13-8-3/h94-99,112H,6-93H2,1-5H3. The van der Waals surface area contributed by atoms with Crippen molar-refractivity contribution in [2.75, 3.05) is 41.1 Å². The molecule has 0 saturated carbocycles. The minimum absolute atomic E-state index is 0.353. The number of hydrogen-bond acceptors (Lipinski definition) is 7. The van der Waals surface area contributed by atoms with Crippen LogP contribution in [0.1, 0.15) is 555 Å². The maximum Gasteiger partial charge on any atom is 0.0431 e. The Morgan fingerprint density at radius 1 is 0.136 bits per heavy atom. The van der Waals surface area contributed by atoms with Gasteiger partial charge in [-0.2, -0.15) is 0 Å². The van der Waals surface area contributed by atoms with Gasteiger partial charge in [-0.1, -0.05) is 510 Å². The van der Waals surface area contributed by atoms with Crippen molar-refractivity contribution >= 4 is 103 Å². The molecule has 0 radical (unpaired) electrons. The van der Waals surface area contributed by atoms with Crippen LogP contribution in [0, 0.1) is 0 Å². The fourth-order valence-corrected chi connectivity index (χ4v) is 25.0. The summed E-state index contributed by atoms with van der Waals surface area (Å²) in [5.74, 6) is 7.37. The van der Waals surface area contributed by atoms with E-state index < -0.39 is 0 Å². The van der Waals surface area contributed by atoms with E-state index in [2.05, 4.69) is 142 Å². The first kappa shape index (κ1) is 110. The van der Waals surface area contributed by atoms with E-state index in [0.29, 0.717) is 6.61 Å². The van der Waals surface area contributed by atoms with Crippen molar-refractivity contribution in [1.82, 2.24) is 0 Å². The Morgan fingerprint density at radius 3 is 0.331 bits per heavy atom. The lowest BCUT2D eigenvalue weighted by molar-refractivity contribution is 0.282. The van der Waals surface area contributed by atoms with Gasteiger partial charge in [0.25, 0.3) is 0 Å². The van der Waals surface area contributed by atoms with Crippen LogP contribution in [0.2, 0.25) is 0 Å². The Labute approximate surface area is 763 Å². The molecule has 4 aromatic carbocycles. The van der Waals surface area contributed by atoms with E-state index in [1.54, 1.807) is 29.4 Å². The van der Waals surface area contributed by atoms with Crippen LogP contribution in [0.5, 0.6) is 0 Å². The van der Waals surface area contributed by atoms with Gasteiger partial charge in [0.1, 0.15) is 0 Å². The Balaban J connectivity index is 1.72. The number of fused-ring (bicyclic) bond motifs is 6. The van der Waals surface area contributed by atoms with E-state index in [-0.39, 0.29) is 0 Å². The summed E-state index contributed by atoms with van der Waals surface area (Å²) in [6.45, 7) is 12.0. The minimum atomic E-state index is 0.353. The molecule has 0 atom stereocenters. The first-order valence-electron chi connectivity index (χ1n) is 53.5. The molecular formula is C111H198OS6. The van der Waals surface area contributed by atoms with E-state index in [4.69, 9.17) is 0 Å². The van der Waals surface area contributed by atoms with Gasteiger partial charge in [-0.3, -0.25) is 0 Å². The van der Waals surface area contributed by atoms with Gasteiger partial charge in [0.2, 0.25) is 0 Å². The predicted molar refractivity (Wildman–Crippen MR) is 553 cm³/mol. The normalized spacial score (nSPS) is 11.9. The second-order valence-corrected chi connectivity index (χ2v) is 44.0. The quantitative estimate of drug-likeness (QED) is 0.0267. The van der Waals surface area contributed by atoms with E-state index in [1.807, 2.05) is 0 Å². The van der Waals surface area contributed by atoms with Crippen molar-refractivity contribution in [3.8, 4) is 0 Å². The van der Waals surface area contributed by atoms with E-state index in [9.17, 15) is 5.11 Å². The maximum atomic E-state index is 9.28. The van der Waals surface area contributed by atoms with Crippen molar-refractivity contribution in [2.24, 2.45) is 0 Å². The van der Waals surface area contributed by atoms with Crippen LogP contribution in [0.25, 0.3) is 32.3 Å². The zero-order chi connectivity index (χ0) is 83.6. The SMILES string of the molecule is CCCCCCCCCCCCCCCCSc1cc2c(cc1SCCCCCCCCCCCCCO)c1cc(SCCCCCCCCCCCCCCCC)c(SCCCCCCCCCCCCCCCC)cc1c1cc(SCCCCCCCCCCCCCCCC)c(SCCCCCCCCCCCCCCCC)cc21. The highest BCUT2D eigenvalue weighted by molar-refractivity contribution is 8.03. The molecule has 0 saturated heterocycles. The Hall–Kier alpha value is -0.280. The molecule has 0 heterocycles. The van der Waals surface area contributed by atoms with Crippen molar-refractivity contribution in [3.63, 3.8) is 0 Å². The lowest BCUT2D eigenvalue weighted by Gasteiger charge is -2.20. The number of hydrogen-bond donors (Lipinski definition) is 1. The van der Waals surface area contributed by atoms with Gasteiger partial charge < -0.3 is 5.11 Å². The number of rotatable bonds is 94. The fourth-order valence-electron chi connectivity index (χ4n) is 18.1. The van der Waals surface area contributed by atoms with Gasteiger partial charge in [0.15, 0.2) is 0 Å². The fraction of sp³-hybridized carbons (Fsp3) is 0.838. The third kappa shape index (κ3) is 59.7. The number of thioether (sulfide) groups is 6. The molecule has 4 rings (SSSR count). The molecule has 1 N–H and O–H groups in total. The summed E-state index contributed by atoms with van der Waals surface area (Å²) >= 11 is 13.3. The van der Waals surface area contributed by atoms with Crippen LogP contribution in [0.4, 0.5) is 0 Å². The second-order valence-electron chi connectivity index (χ2n) is 37.2. The summed E-state index contributed by atoms with van der Waals surface area (Å²) < 4.78 is 0. The lowest BCUT2D eigenvalue weighted by Crippen LogP contribution is -1.94. The molecule has 0 aliphatic carbocycles. The van der Waals surface area contributed by atoms with Gasteiger partial charge in [-0.05, 0) is 148 Å². The molecule has 0 fully saturated rings. The van der Waals surface area contributed by atoms with Crippen LogP contribution in [0.3, 0.4) is 0 Å². The number of aliphatic hydroxyl groups excluding tert-OH is 1. The molecular weight excluding hydrogens is 1540 g/mol. The predicted octanol–water partition coefficient (Wildman–Crippen LogP) is 42.4. The molecule has 4 aromatic rings. The third-order valence-electron chi connectivity index (χ3n) is 26.0. The highest BCUT2D eigenvalue weighted by Crippen LogP contribution is 2.48. The zero-order valence-corrected chi connectivity index (χ0v) is 84.5. The number of unbranched alkanes of at least 4 members (excludes halogenated alkanes) is 75. The summed E-state index contributed by atoms with van der Waals surface area (Å²) in [4.78, 5) is 9.40. The maximum absolute atomic E-state index is 9.28. The molecule has 0 aliphatic rings. The molecule has 0 spiro atoms. The third-order valence-corrected chi connectivity index (χ3v) is 33.2. The van der Waals surface area contributed by atoms with Crippen LogP contribution < -0.4 is 0 Å². The Bertz CT molecular complexity index is 2460. The molecule has 0 unspecified atom stereocenters. The highest BCUT2D eigenvalue weighted by atomic mass is 32.2. The molecule has 0 amide bonds. The monoisotopic (exact) mass is 1740 g/mol. The van der Waals surface area contributed by atoms with E-state index >= 15 is 0 Å². The van der Waals surface area contributed by atoms with Crippen LogP contribution in [-0.4, -0.2) is 46.2 Å². The van der Waals surface area contributed by atoms with Crippen LogP contribution in [-0.2, 0) is 0 Å². The molecule has 7 heteroatoms. The molecule has 0 aliphatic heterocycles. The summed E-state index contributed by atoms with van der Waals surface area (Å²) in [7, 11) is 0. The van der Waals surface area contributed by atoms with Crippen molar-refractivity contribution in [3.05, 3.63) is 36.4 Å². The van der Waals surface area contributed by atoms with Crippen molar-refractivity contribution in [2.45, 2.75) is 584 Å².